The highest BCUT2D eigenvalue weighted by Gasteiger charge is 2.09. The minimum atomic E-state index is -3.47. The number of primary sulfonamides is 1. The maximum absolute atomic E-state index is 10.9. The van der Waals surface area contributed by atoms with E-state index < -0.39 is 10.0 Å². The number of rotatable bonds is 6. The summed E-state index contributed by atoms with van der Waals surface area (Å²) in [6.45, 7) is 7.26. The van der Waals surface area contributed by atoms with Gasteiger partial charge in [0.05, 0.1) is 18.0 Å². The fourth-order valence-corrected chi connectivity index (χ4v) is 2.24. The third kappa shape index (κ3) is 6.92. The second-order valence-electron chi connectivity index (χ2n) is 4.76. The normalized spacial score (nSPS) is 12.0. The van der Waals surface area contributed by atoms with Gasteiger partial charge < -0.3 is 10.6 Å². The molecule has 0 unspecified atom stereocenters. The van der Waals surface area contributed by atoms with Crippen molar-refractivity contribution in [3.63, 3.8) is 0 Å². The quantitative estimate of drug-likeness (QED) is 0.325. The van der Waals surface area contributed by atoms with Gasteiger partial charge >= 0.3 is 0 Å². The van der Waals surface area contributed by atoms with Gasteiger partial charge in [-0.1, -0.05) is 0 Å². The zero-order valence-electron chi connectivity index (χ0n) is 13.4. The van der Waals surface area contributed by atoms with Gasteiger partial charge in [-0.3, -0.25) is 4.68 Å². The van der Waals surface area contributed by atoms with Gasteiger partial charge in [-0.2, -0.15) is 5.10 Å². The molecule has 0 bridgehead atoms. The standard InChI is InChI=1S/C12H24N6O2S.HI/c1-5-14-12(15-6-7-21(13,19)20)16-8-11-9(2)17-18(4)10(11)3;/h5-8H2,1-4H3,(H2,13,19,20)(H2,14,15,16);1H. The van der Waals surface area contributed by atoms with E-state index in [0.717, 1.165) is 17.0 Å². The molecule has 0 radical (unpaired) electrons. The lowest BCUT2D eigenvalue weighted by Crippen LogP contribution is -2.40. The molecule has 0 aliphatic carbocycles. The number of sulfonamides is 1. The van der Waals surface area contributed by atoms with Gasteiger partial charge in [0.15, 0.2) is 5.96 Å². The van der Waals surface area contributed by atoms with Crippen LogP contribution in [0.2, 0.25) is 0 Å². The second-order valence-corrected chi connectivity index (χ2v) is 6.50. The van der Waals surface area contributed by atoms with E-state index in [9.17, 15) is 8.42 Å². The predicted molar refractivity (Wildman–Crippen MR) is 98.9 cm³/mol. The van der Waals surface area contributed by atoms with Crippen molar-refractivity contribution in [1.29, 1.82) is 0 Å². The number of hydrogen-bond acceptors (Lipinski definition) is 4. The van der Waals surface area contributed by atoms with E-state index in [1.165, 1.54) is 0 Å². The summed E-state index contributed by atoms with van der Waals surface area (Å²) in [7, 11) is -1.58. The van der Waals surface area contributed by atoms with Crippen LogP contribution < -0.4 is 15.8 Å². The third-order valence-electron chi connectivity index (χ3n) is 3.08. The van der Waals surface area contributed by atoms with Gasteiger partial charge in [0.1, 0.15) is 0 Å². The second kappa shape index (κ2) is 9.30. The van der Waals surface area contributed by atoms with Crippen molar-refractivity contribution in [2.45, 2.75) is 27.3 Å². The molecule has 0 aliphatic rings. The number of aliphatic imine (C=N–C) groups is 1. The Labute approximate surface area is 149 Å². The molecule has 8 nitrogen and oxygen atoms in total. The number of nitrogens with zero attached hydrogens (tertiary/aromatic N) is 3. The summed E-state index contributed by atoms with van der Waals surface area (Å²) in [6, 6.07) is 0. The smallest absolute Gasteiger partial charge is 0.210 e. The van der Waals surface area contributed by atoms with Crippen molar-refractivity contribution in [3.8, 4) is 0 Å². The molecule has 1 heterocycles. The first-order valence-corrected chi connectivity index (χ1v) is 8.48. The molecule has 0 atom stereocenters. The van der Waals surface area contributed by atoms with E-state index in [2.05, 4.69) is 20.7 Å². The zero-order valence-corrected chi connectivity index (χ0v) is 16.5. The molecule has 1 aromatic rings. The Morgan fingerprint density at radius 3 is 2.45 bits per heavy atom. The number of aryl methyl sites for hydroxylation is 2. The van der Waals surface area contributed by atoms with E-state index in [1.807, 2.05) is 32.5 Å². The Morgan fingerprint density at radius 1 is 1.36 bits per heavy atom. The van der Waals surface area contributed by atoms with E-state index >= 15 is 0 Å². The van der Waals surface area contributed by atoms with Gasteiger partial charge in [-0.15, -0.1) is 24.0 Å². The van der Waals surface area contributed by atoms with Crippen molar-refractivity contribution < 1.29 is 8.42 Å². The van der Waals surface area contributed by atoms with Crippen molar-refractivity contribution in [2.75, 3.05) is 18.8 Å². The Hall–Kier alpha value is -0.880. The van der Waals surface area contributed by atoms with Crippen LogP contribution in [0.3, 0.4) is 0 Å². The summed E-state index contributed by atoms with van der Waals surface area (Å²) < 4.78 is 23.6. The maximum atomic E-state index is 10.9. The highest BCUT2D eigenvalue weighted by molar-refractivity contribution is 14.0. The molecule has 128 valence electrons. The molecule has 0 saturated carbocycles. The molecule has 0 aromatic carbocycles. The van der Waals surface area contributed by atoms with Crippen molar-refractivity contribution in [2.24, 2.45) is 17.2 Å². The Kier molecular flexibility index (Phi) is 8.93. The van der Waals surface area contributed by atoms with Crippen molar-refractivity contribution >= 4 is 40.0 Å². The van der Waals surface area contributed by atoms with E-state index in [4.69, 9.17) is 5.14 Å². The summed E-state index contributed by atoms with van der Waals surface area (Å²) in [6.07, 6.45) is 0. The van der Waals surface area contributed by atoms with Crippen LogP contribution >= 0.6 is 24.0 Å². The molecule has 0 fully saturated rings. The molecule has 1 aromatic heterocycles. The molecule has 4 N–H and O–H groups in total. The van der Waals surface area contributed by atoms with Crippen LogP contribution in [0.15, 0.2) is 4.99 Å². The number of nitrogens with two attached hydrogens (primary N) is 1. The average Bonchev–Trinajstić information content (AvgIpc) is 2.59. The summed E-state index contributed by atoms with van der Waals surface area (Å²) >= 11 is 0. The molecular weight excluding hydrogens is 419 g/mol. The first-order chi connectivity index (χ1) is 9.74. The lowest BCUT2D eigenvalue weighted by atomic mass is 10.2. The van der Waals surface area contributed by atoms with Crippen LogP contribution in [0.5, 0.6) is 0 Å². The molecule has 1 rings (SSSR count). The van der Waals surface area contributed by atoms with Crippen LogP contribution in [0.1, 0.15) is 23.9 Å². The lowest BCUT2D eigenvalue weighted by molar-refractivity contribution is 0.596. The minimum Gasteiger partial charge on any atom is -0.357 e. The Morgan fingerprint density at radius 2 is 2.00 bits per heavy atom. The van der Waals surface area contributed by atoms with Crippen LogP contribution in [0.25, 0.3) is 0 Å². The van der Waals surface area contributed by atoms with Crippen molar-refractivity contribution in [3.05, 3.63) is 17.0 Å². The summed E-state index contributed by atoms with van der Waals surface area (Å²) in [5.41, 5.74) is 3.08. The van der Waals surface area contributed by atoms with Gasteiger partial charge in [0.25, 0.3) is 0 Å². The number of hydrogen-bond donors (Lipinski definition) is 3. The summed E-state index contributed by atoms with van der Waals surface area (Å²) in [4.78, 5) is 4.44. The van der Waals surface area contributed by atoms with Crippen LogP contribution in [0.4, 0.5) is 0 Å². The SMILES string of the molecule is CCNC(=NCc1c(C)nn(C)c1C)NCCS(N)(=O)=O.I. The van der Waals surface area contributed by atoms with Crippen LogP contribution in [-0.2, 0) is 23.6 Å². The molecule has 0 amide bonds. The van der Waals surface area contributed by atoms with Crippen LogP contribution in [0, 0.1) is 13.8 Å². The number of nitrogens with one attached hydrogen (secondary N) is 2. The van der Waals surface area contributed by atoms with Crippen molar-refractivity contribution in [1.82, 2.24) is 20.4 Å². The summed E-state index contributed by atoms with van der Waals surface area (Å²) in [5.74, 6) is 0.423. The van der Waals surface area contributed by atoms with Gasteiger partial charge in [0.2, 0.25) is 10.0 Å². The van der Waals surface area contributed by atoms with E-state index in [0.29, 0.717) is 19.0 Å². The van der Waals surface area contributed by atoms with Gasteiger partial charge in [0, 0.05) is 31.4 Å². The Balaban J connectivity index is 0.00000441. The van der Waals surface area contributed by atoms with E-state index in [1.54, 1.807) is 0 Å². The summed E-state index contributed by atoms with van der Waals surface area (Å²) in [5, 5.41) is 15.3. The number of halogens is 1. The van der Waals surface area contributed by atoms with Gasteiger partial charge in [-0.05, 0) is 20.8 Å². The predicted octanol–water partition coefficient (Wildman–Crippen LogP) is -0.00146. The average molecular weight is 444 g/mol. The molecule has 10 heteroatoms. The Bertz CT molecular complexity index is 611. The largest absolute Gasteiger partial charge is 0.357 e. The highest BCUT2D eigenvalue weighted by Crippen LogP contribution is 2.12. The van der Waals surface area contributed by atoms with E-state index in [-0.39, 0.29) is 36.3 Å². The lowest BCUT2D eigenvalue weighted by Gasteiger charge is -2.10. The first-order valence-electron chi connectivity index (χ1n) is 6.76. The fourth-order valence-electron chi connectivity index (χ4n) is 1.86. The van der Waals surface area contributed by atoms with Gasteiger partial charge in [-0.25, -0.2) is 18.5 Å². The molecule has 22 heavy (non-hydrogen) atoms. The molecule has 0 aliphatic heterocycles. The number of guanidine groups is 1. The topological polar surface area (TPSA) is 114 Å². The molecule has 0 spiro atoms. The molecular formula is C12H25IN6O2S. The highest BCUT2D eigenvalue weighted by atomic mass is 127. The fraction of sp³-hybridized carbons (Fsp3) is 0.667. The molecule has 0 saturated heterocycles. The minimum absolute atomic E-state index is 0. The first kappa shape index (κ1) is 21.1. The third-order valence-corrected chi connectivity index (χ3v) is 3.85. The number of aromatic nitrogens is 2. The monoisotopic (exact) mass is 444 g/mol. The zero-order chi connectivity index (χ0) is 16.0. The maximum Gasteiger partial charge on any atom is 0.210 e. The van der Waals surface area contributed by atoms with Crippen LogP contribution in [-0.4, -0.2) is 43.0 Å².